The first-order valence-electron chi connectivity index (χ1n) is 7.72. The molecule has 138 valence electrons. The Labute approximate surface area is 147 Å². The van der Waals surface area contributed by atoms with Crippen LogP contribution >= 0.6 is 12.6 Å². The van der Waals surface area contributed by atoms with Gasteiger partial charge in [0, 0.05) is 6.54 Å². The summed E-state index contributed by atoms with van der Waals surface area (Å²) in [7, 11) is 0. The van der Waals surface area contributed by atoms with Crippen LogP contribution < -0.4 is 27.8 Å². The lowest BCUT2D eigenvalue weighted by molar-refractivity contribution is -0.131. The van der Waals surface area contributed by atoms with E-state index in [4.69, 9.17) is 17.2 Å². The highest BCUT2D eigenvalue weighted by Gasteiger charge is 2.25. The molecule has 0 aliphatic rings. The van der Waals surface area contributed by atoms with E-state index in [-0.39, 0.29) is 23.5 Å². The monoisotopic (exact) mass is 360 g/mol. The Morgan fingerprint density at radius 2 is 1.71 bits per heavy atom. The average Bonchev–Trinajstić information content (AvgIpc) is 2.48. The fraction of sp³-hybridized carbons (Fsp3) is 0.714. The van der Waals surface area contributed by atoms with Gasteiger partial charge >= 0.3 is 0 Å². The van der Waals surface area contributed by atoms with Crippen molar-refractivity contribution in [3.05, 3.63) is 0 Å². The summed E-state index contributed by atoms with van der Waals surface area (Å²) in [5.41, 5.74) is 15.7. The van der Waals surface area contributed by atoms with Crippen LogP contribution in [-0.2, 0) is 14.4 Å². The van der Waals surface area contributed by atoms with Crippen LogP contribution in [0, 0.1) is 5.92 Å². The summed E-state index contributed by atoms with van der Waals surface area (Å²) in [5.74, 6) is -1.36. The van der Waals surface area contributed by atoms with Gasteiger partial charge in [-0.2, -0.15) is 12.6 Å². The van der Waals surface area contributed by atoms with E-state index in [1.165, 1.54) is 0 Å². The Morgan fingerprint density at radius 3 is 2.17 bits per heavy atom. The second-order valence-corrected chi connectivity index (χ2v) is 6.14. The fourth-order valence-electron chi connectivity index (χ4n) is 2.00. The van der Waals surface area contributed by atoms with Gasteiger partial charge in [0.25, 0.3) is 0 Å². The number of guanidine groups is 1. The maximum absolute atomic E-state index is 12.4. The molecule has 0 radical (unpaired) electrons. The first-order valence-corrected chi connectivity index (χ1v) is 8.35. The molecule has 0 bridgehead atoms. The van der Waals surface area contributed by atoms with Gasteiger partial charge in [-0.25, -0.2) is 0 Å². The molecule has 0 rings (SSSR count). The van der Waals surface area contributed by atoms with Crippen LogP contribution in [0.3, 0.4) is 0 Å². The molecule has 0 saturated heterocycles. The van der Waals surface area contributed by atoms with E-state index in [0.717, 1.165) is 0 Å². The molecular formula is C14H28N6O3S. The normalized spacial score (nSPS) is 13.0. The summed E-state index contributed by atoms with van der Waals surface area (Å²) in [6.45, 7) is 4.18. The van der Waals surface area contributed by atoms with Gasteiger partial charge in [-0.1, -0.05) is 13.8 Å². The van der Waals surface area contributed by atoms with Crippen LogP contribution in [-0.4, -0.2) is 48.1 Å². The van der Waals surface area contributed by atoms with Crippen LogP contribution in [0.15, 0.2) is 4.99 Å². The minimum absolute atomic E-state index is 0.0281. The number of carbonyl (C=O) groups is 3. The lowest BCUT2D eigenvalue weighted by Gasteiger charge is -2.23. The Bertz CT molecular complexity index is 465. The molecule has 0 aromatic carbocycles. The molecule has 9 nitrogen and oxygen atoms in total. The number of amides is 3. The van der Waals surface area contributed by atoms with Crippen molar-refractivity contribution in [2.75, 3.05) is 12.3 Å². The number of hydrogen-bond donors (Lipinski definition) is 6. The first kappa shape index (κ1) is 22.0. The summed E-state index contributed by atoms with van der Waals surface area (Å²) >= 11 is 3.87. The lowest BCUT2D eigenvalue weighted by atomic mass is 10.0. The maximum Gasteiger partial charge on any atom is 0.243 e. The van der Waals surface area contributed by atoms with Crippen LogP contribution in [0.5, 0.6) is 0 Å². The van der Waals surface area contributed by atoms with Crippen molar-refractivity contribution in [3.63, 3.8) is 0 Å². The van der Waals surface area contributed by atoms with Crippen molar-refractivity contribution in [2.45, 2.75) is 45.2 Å². The molecule has 24 heavy (non-hydrogen) atoms. The zero-order chi connectivity index (χ0) is 18.7. The number of primary amides is 1. The van der Waals surface area contributed by atoms with E-state index in [1.807, 2.05) is 13.8 Å². The number of nitrogens with zero attached hydrogens (tertiary/aromatic N) is 1. The highest BCUT2D eigenvalue weighted by atomic mass is 32.1. The molecule has 0 aliphatic heterocycles. The zero-order valence-electron chi connectivity index (χ0n) is 14.1. The SMILES string of the molecule is CC(C)C[C@H](NC(=O)CS)C(=O)N[C@@H](CCCN=C(N)N)C(N)=O. The number of hydrogen-bond acceptors (Lipinski definition) is 5. The highest BCUT2D eigenvalue weighted by Crippen LogP contribution is 2.07. The molecule has 0 spiro atoms. The molecule has 3 amide bonds. The molecule has 8 N–H and O–H groups in total. The Hall–Kier alpha value is -1.97. The third-order valence-corrected chi connectivity index (χ3v) is 3.39. The number of nitrogens with two attached hydrogens (primary N) is 3. The third kappa shape index (κ3) is 9.93. The van der Waals surface area contributed by atoms with Gasteiger partial charge in [0.2, 0.25) is 17.7 Å². The second kappa shape index (κ2) is 11.5. The topological polar surface area (TPSA) is 166 Å². The van der Waals surface area contributed by atoms with Gasteiger partial charge < -0.3 is 27.8 Å². The Kier molecular flexibility index (Phi) is 10.6. The molecule has 0 fully saturated rings. The maximum atomic E-state index is 12.4. The minimum atomic E-state index is -0.853. The van der Waals surface area contributed by atoms with Crippen molar-refractivity contribution in [1.82, 2.24) is 10.6 Å². The number of nitrogens with one attached hydrogen (secondary N) is 2. The van der Waals surface area contributed by atoms with E-state index in [9.17, 15) is 14.4 Å². The number of thiol groups is 1. The molecule has 0 saturated carbocycles. The summed E-state index contributed by atoms with van der Waals surface area (Å²) in [6.07, 6.45) is 1.21. The van der Waals surface area contributed by atoms with Gasteiger partial charge in [0.15, 0.2) is 5.96 Å². The van der Waals surface area contributed by atoms with Crippen LogP contribution in [0.4, 0.5) is 0 Å². The molecule has 0 heterocycles. The average molecular weight is 360 g/mol. The van der Waals surface area contributed by atoms with Crippen molar-refractivity contribution in [1.29, 1.82) is 0 Å². The summed E-state index contributed by atoms with van der Waals surface area (Å²) in [4.78, 5) is 39.2. The van der Waals surface area contributed by atoms with Gasteiger partial charge in [0.05, 0.1) is 5.75 Å². The van der Waals surface area contributed by atoms with Crippen LogP contribution in [0.25, 0.3) is 0 Å². The summed E-state index contributed by atoms with van der Waals surface area (Å²) in [6, 6.07) is -1.60. The smallest absolute Gasteiger partial charge is 0.243 e. The van der Waals surface area contributed by atoms with Crippen molar-refractivity contribution in [2.24, 2.45) is 28.1 Å². The van der Waals surface area contributed by atoms with Crippen LogP contribution in [0.1, 0.15) is 33.1 Å². The second-order valence-electron chi connectivity index (χ2n) is 5.82. The van der Waals surface area contributed by atoms with E-state index in [2.05, 4.69) is 28.3 Å². The van der Waals surface area contributed by atoms with E-state index < -0.39 is 23.9 Å². The zero-order valence-corrected chi connectivity index (χ0v) is 15.0. The standard InChI is InChI=1S/C14H28N6O3S/c1-8(2)6-10(19-11(21)7-24)13(23)20-9(12(15)22)4-3-5-18-14(16)17/h8-10,24H,3-7H2,1-2H3,(H2,15,22)(H,19,21)(H,20,23)(H4,16,17,18)/t9-,10-/m0/s1. The fourth-order valence-corrected chi connectivity index (χ4v) is 2.10. The first-order chi connectivity index (χ1) is 11.2. The Morgan fingerprint density at radius 1 is 1.08 bits per heavy atom. The molecule has 0 aliphatic carbocycles. The quantitative estimate of drug-likeness (QED) is 0.114. The van der Waals surface area contributed by atoms with Crippen molar-refractivity contribution >= 4 is 36.3 Å². The van der Waals surface area contributed by atoms with Gasteiger partial charge in [0.1, 0.15) is 12.1 Å². The minimum Gasteiger partial charge on any atom is -0.370 e. The summed E-state index contributed by atoms with van der Waals surface area (Å²) < 4.78 is 0. The molecule has 10 heteroatoms. The van der Waals surface area contributed by atoms with Crippen molar-refractivity contribution < 1.29 is 14.4 Å². The molecule has 0 aromatic heterocycles. The van der Waals surface area contributed by atoms with Crippen LogP contribution in [0.2, 0.25) is 0 Å². The lowest BCUT2D eigenvalue weighted by Crippen LogP contribution is -2.53. The highest BCUT2D eigenvalue weighted by molar-refractivity contribution is 7.81. The number of aliphatic imine (C=N–C) groups is 1. The van der Waals surface area contributed by atoms with Crippen molar-refractivity contribution in [3.8, 4) is 0 Å². The number of rotatable bonds is 11. The van der Waals surface area contributed by atoms with E-state index in [1.54, 1.807) is 0 Å². The number of carbonyl (C=O) groups excluding carboxylic acids is 3. The molecule has 2 atom stereocenters. The molecule has 0 unspecified atom stereocenters. The van der Waals surface area contributed by atoms with Gasteiger partial charge in [-0.05, 0) is 25.2 Å². The molecular weight excluding hydrogens is 332 g/mol. The molecule has 0 aromatic rings. The van der Waals surface area contributed by atoms with Gasteiger partial charge in [-0.15, -0.1) is 0 Å². The summed E-state index contributed by atoms with van der Waals surface area (Å²) in [5, 5.41) is 5.17. The van der Waals surface area contributed by atoms with Gasteiger partial charge in [-0.3, -0.25) is 19.4 Å². The predicted molar refractivity (Wildman–Crippen MR) is 96.3 cm³/mol. The van der Waals surface area contributed by atoms with E-state index >= 15 is 0 Å². The predicted octanol–water partition coefficient (Wildman–Crippen LogP) is -1.53. The van der Waals surface area contributed by atoms with E-state index in [0.29, 0.717) is 25.8 Å². The largest absolute Gasteiger partial charge is 0.370 e. The Balaban J connectivity index is 4.75. The third-order valence-electron chi connectivity index (χ3n) is 3.11.